The third-order valence-electron chi connectivity index (χ3n) is 2.52. The molecule has 5 heteroatoms. The molecule has 1 unspecified atom stereocenters. The molecule has 17 heavy (non-hydrogen) atoms. The van der Waals surface area contributed by atoms with Crippen LogP contribution in [0, 0.1) is 6.92 Å². The first-order valence-electron chi connectivity index (χ1n) is 5.52. The topological polar surface area (TPSA) is 49.8 Å². The largest absolute Gasteiger partial charge is 0.362 e. The summed E-state index contributed by atoms with van der Waals surface area (Å²) in [7, 11) is 1.82. The summed E-state index contributed by atoms with van der Waals surface area (Å²) in [5.74, 6) is 1.52. The van der Waals surface area contributed by atoms with E-state index in [2.05, 4.69) is 45.0 Å². The lowest BCUT2D eigenvalue weighted by atomic mass is 10.2. The fraction of sp³-hybridized carbons (Fsp3) is 0.333. The Labute approximate surface area is 105 Å². The van der Waals surface area contributed by atoms with Gasteiger partial charge < -0.3 is 10.6 Å². The number of thiophene rings is 1. The Kier molecular flexibility index (Phi) is 3.58. The van der Waals surface area contributed by atoms with E-state index in [-0.39, 0.29) is 6.04 Å². The van der Waals surface area contributed by atoms with Gasteiger partial charge >= 0.3 is 0 Å². The predicted molar refractivity (Wildman–Crippen MR) is 72.7 cm³/mol. The van der Waals surface area contributed by atoms with E-state index < -0.39 is 0 Å². The SMILES string of the molecule is CNc1ncc(C)c(NC(C)c2cccs2)n1. The molecule has 2 rings (SSSR count). The lowest BCUT2D eigenvalue weighted by Crippen LogP contribution is -2.09. The first kappa shape index (κ1) is 11.9. The molecule has 0 bridgehead atoms. The molecule has 0 aliphatic heterocycles. The number of hydrogen-bond donors (Lipinski definition) is 2. The molecule has 2 aromatic heterocycles. The van der Waals surface area contributed by atoms with Gasteiger partial charge in [-0.2, -0.15) is 4.98 Å². The number of hydrogen-bond acceptors (Lipinski definition) is 5. The lowest BCUT2D eigenvalue weighted by molar-refractivity contribution is 0.889. The van der Waals surface area contributed by atoms with Crippen LogP contribution in [0.1, 0.15) is 23.4 Å². The highest BCUT2D eigenvalue weighted by Gasteiger charge is 2.09. The summed E-state index contributed by atoms with van der Waals surface area (Å²) in [6.45, 7) is 4.13. The first-order chi connectivity index (χ1) is 8.20. The van der Waals surface area contributed by atoms with E-state index in [4.69, 9.17) is 0 Å². The van der Waals surface area contributed by atoms with Crippen LogP contribution in [-0.4, -0.2) is 17.0 Å². The standard InChI is InChI=1S/C12H16N4S/c1-8-7-14-12(13-3)16-11(8)15-9(2)10-5-4-6-17-10/h4-7,9H,1-3H3,(H2,13,14,15,16). The number of nitrogens with zero attached hydrogens (tertiary/aromatic N) is 2. The van der Waals surface area contributed by atoms with Gasteiger partial charge in [-0.25, -0.2) is 4.98 Å². The smallest absolute Gasteiger partial charge is 0.224 e. The minimum Gasteiger partial charge on any atom is -0.362 e. The van der Waals surface area contributed by atoms with Crippen molar-refractivity contribution in [1.29, 1.82) is 0 Å². The van der Waals surface area contributed by atoms with E-state index in [1.807, 2.05) is 20.2 Å². The number of nitrogens with one attached hydrogen (secondary N) is 2. The van der Waals surface area contributed by atoms with E-state index in [1.165, 1.54) is 4.88 Å². The molecule has 4 nitrogen and oxygen atoms in total. The Morgan fingerprint density at radius 2 is 2.24 bits per heavy atom. The zero-order chi connectivity index (χ0) is 12.3. The normalized spacial score (nSPS) is 12.2. The monoisotopic (exact) mass is 248 g/mol. The molecule has 2 N–H and O–H groups in total. The first-order valence-corrected chi connectivity index (χ1v) is 6.40. The fourth-order valence-corrected chi connectivity index (χ4v) is 2.26. The summed E-state index contributed by atoms with van der Waals surface area (Å²) in [5.41, 5.74) is 1.05. The Hall–Kier alpha value is -1.62. The number of aromatic nitrogens is 2. The molecule has 2 aromatic rings. The van der Waals surface area contributed by atoms with Gasteiger partial charge in [0, 0.05) is 23.7 Å². The number of aryl methyl sites for hydroxylation is 1. The molecule has 1 atom stereocenters. The van der Waals surface area contributed by atoms with Crippen LogP contribution in [0.2, 0.25) is 0 Å². The quantitative estimate of drug-likeness (QED) is 0.873. The molecule has 0 aromatic carbocycles. The predicted octanol–water partition coefficient (Wildman–Crippen LogP) is 3.06. The van der Waals surface area contributed by atoms with Crippen LogP contribution >= 0.6 is 11.3 Å². The van der Waals surface area contributed by atoms with Crippen molar-refractivity contribution in [3.8, 4) is 0 Å². The maximum absolute atomic E-state index is 4.41. The van der Waals surface area contributed by atoms with Gasteiger partial charge in [0.1, 0.15) is 5.82 Å². The van der Waals surface area contributed by atoms with Gasteiger partial charge in [0.2, 0.25) is 5.95 Å². The Balaban J connectivity index is 2.18. The van der Waals surface area contributed by atoms with E-state index >= 15 is 0 Å². The van der Waals surface area contributed by atoms with Crippen molar-refractivity contribution in [1.82, 2.24) is 9.97 Å². The van der Waals surface area contributed by atoms with Gasteiger partial charge in [0.15, 0.2) is 0 Å². The van der Waals surface area contributed by atoms with Crippen LogP contribution < -0.4 is 10.6 Å². The zero-order valence-corrected chi connectivity index (χ0v) is 11.0. The fourth-order valence-electron chi connectivity index (χ4n) is 1.52. The van der Waals surface area contributed by atoms with Crippen molar-refractivity contribution in [2.24, 2.45) is 0 Å². The Morgan fingerprint density at radius 3 is 2.88 bits per heavy atom. The summed E-state index contributed by atoms with van der Waals surface area (Å²) in [5, 5.41) is 8.43. The molecular formula is C12H16N4S. The Morgan fingerprint density at radius 1 is 1.41 bits per heavy atom. The Bertz CT molecular complexity index is 481. The number of anilines is 2. The van der Waals surface area contributed by atoms with Crippen molar-refractivity contribution in [3.05, 3.63) is 34.2 Å². The maximum Gasteiger partial charge on any atom is 0.224 e. The van der Waals surface area contributed by atoms with Crippen molar-refractivity contribution >= 4 is 23.1 Å². The minimum absolute atomic E-state index is 0.258. The van der Waals surface area contributed by atoms with Crippen molar-refractivity contribution < 1.29 is 0 Å². The second-order valence-corrected chi connectivity index (χ2v) is 4.84. The number of rotatable bonds is 4. The van der Waals surface area contributed by atoms with Crippen LogP contribution in [0.4, 0.5) is 11.8 Å². The van der Waals surface area contributed by atoms with Gasteiger partial charge in [-0.15, -0.1) is 11.3 Å². The lowest BCUT2D eigenvalue weighted by Gasteiger charge is -2.15. The maximum atomic E-state index is 4.41. The van der Waals surface area contributed by atoms with Crippen LogP contribution in [0.5, 0.6) is 0 Å². The molecule has 0 saturated heterocycles. The van der Waals surface area contributed by atoms with E-state index in [1.54, 1.807) is 11.3 Å². The molecule has 0 aliphatic rings. The molecule has 0 amide bonds. The van der Waals surface area contributed by atoms with Crippen LogP contribution in [0.25, 0.3) is 0 Å². The van der Waals surface area contributed by atoms with Gasteiger partial charge in [0.25, 0.3) is 0 Å². The molecular weight excluding hydrogens is 232 g/mol. The van der Waals surface area contributed by atoms with Crippen molar-refractivity contribution in [2.45, 2.75) is 19.9 Å². The van der Waals surface area contributed by atoms with Crippen molar-refractivity contribution in [2.75, 3.05) is 17.7 Å². The summed E-state index contributed by atoms with van der Waals surface area (Å²) < 4.78 is 0. The average molecular weight is 248 g/mol. The average Bonchev–Trinajstić information content (AvgIpc) is 2.85. The van der Waals surface area contributed by atoms with Crippen LogP contribution in [-0.2, 0) is 0 Å². The van der Waals surface area contributed by atoms with E-state index in [9.17, 15) is 0 Å². The molecule has 90 valence electrons. The highest BCUT2D eigenvalue weighted by molar-refractivity contribution is 7.10. The third kappa shape index (κ3) is 2.74. The van der Waals surface area contributed by atoms with Gasteiger partial charge in [-0.3, -0.25) is 0 Å². The van der Waals surface area contributed by atoms with Crippen molar-refractivity contribution in [3.63, 3.8) is 0 Å². The van der Waals surface area contributed by atoms with Gasteiger partial charge in [-0.1, -0.05) is 6.07 Å². The van der Waals surface area contributed by atoms with Gasteiger partial charge in [0.05, 0.1) is 6.04 Å². The molecule has 2 heterocycles. The zero-order valence-electron chi connectivity index (χ0n) is 10.2. The summed E-state index contributed by atoms with van der Waals surface area (Å²) in [4.78, 5) is 9.88. The summed E-state index contributed by atoms with van der Waals surface area (Å²) in [6.07, 6.45) is 1.82. The van der Waals surface area contributed by atoms with Gasteiger partial charge in [-0.05, 0) is 25.3 Å². The summed E-state index contributed by atoms with van der Waals surface area (Å²) >= 11 is 1.74. The molecule has 0 aliphatic carbocycles. The highest BCUT2D eigenvalue weighted by Crippen LogP contribution is 2.23. The van der Waals surface area contributed by atoms with E-state index in [0.29, 0.717) is 5.95 Å². The summed E-state index contributed by atoms with van der Waals surface area (Å²) in [6, 6.07) is 4.44. The third-order valence-corrected chi connectivity index (χ3v) is 3.57. The molecule has 0 fully saturated rings. The van der Waals surface area contributed by atoms with Crippen LogP contribution in [0.3, 0.4) is 0 Å². The minimum atomic E-state index is 0.258. The van der Waals surface area contributed by atoms with Crippen LogP contribution in [0.15, 0.2) is 23.7 Å². The second kappa shape index (κ2) is 5.14. The molecule has 0 radical (unpaired) electrons. The highest BCUT2D eigenvalue weighted by atomic mass is 32.1. The molecule has 0 saturated carbocycles. The molecule has 0 spiro atoms. The second-order valence-electron chi connectivity index (χ2n) is 3.86. The van der Waals surface area contributed by atoms with E-state index in [0.717, 1.165) is 11.4 Å².